The highest BCUT2D eigenvalue weighted by Gasteiger charge is 2.12. The van der Waals surface area contributed by atoms with Crippen LogP contribution in [0.1, 0.15) is 38.5 Å². The van der Waals surface area contributed by atoms with Gasteiger partial charge in [-0.15, -0.1) is 0 Å². The van der Waals surface area contributed by atoms with E-state index < -0.39 is 22.0 Å². The molecule has 0 amide bonds. The molecule has 0 radical (unpaired) electrons. The largest absolute Gasteiger partial charge is 0.481 e. The Kier molecular flexibility index (Phi) is 9.15. The van der Waals surface area contributed by atoms with E-state index in [1.807, 2.05) is 0 Å². The zero-order valence-electron chi connectivity index (χ0n) is 11.1. The van der Waals surface area contributed by atoms with Crippen molar-refractivity contribution in [3.63, 3.8) is 0 Å². The van der Waals surface area contributed by atoms with Crippen LogP contribution in [0.3, 0.4) is 0 Å². The highest BCUT2D eigenvalue weighted by molar-refractivity contribution is 7.89. The summed E-state index contributed by atoms with van der Waals surface area (Å²) < 4.78 is 29.6. The molecule has 0 bridgehead atoms. The standard InChI is InChI=1S/C11H21NO6S/c1-18-11(15)7-9-19(16,17)12-8-5-3-2-4-6-10(13)14/h12H,2-9H2,1H3,(H,13,14). The van der Waals surface area contributed by atoms with Gasteiger partial charge in [-0.2, -0.15) is 0 Å². The van der Waals surface area contributed by atoms with Crippen molar-refractivity contribution in [3.05, 3.63) is 0 Å². The van der Waals surface area contributed by atoms with Gasteiger partial charge in [0.1, 0.15) is 0 Å². The Balaban J connectivity index is 3.59. The van der Waals surface area contributed by atoms with E-state index in [4.69, 9.17) is 5.11 Å². The molecule has 0 aromatic heterocycles. The molecular formula is C11H21NO6S. The number of hydrogen-bond acceptors (Lipinski definition) is 5. The summed E-state index contributed by atoms with van der Waals surface area (Å²) in [6, 6.07) is 0. The van der Waals surface area contributed by atoms with Crippen molar-refractivity contribution in [1.29, 1.82) is 0 Å². The molecule has 112 valence electrons. The molecule has 0 fully saturated rings. The van der Waals surface area contributed by atoms with Crippen molar-refractivity contribution in [2.45, 2.75) is 38.5 Å². The van der Waals surface area contributed by atoms with Crippen molar-refractivity contribution in [2.24, 2.45) is 0 Å². The van der Waals surface area contributed by atoms with Crippen LogP contribution >= 0.6 is 0 Å². The monoisotopic (exact) mass is 295 g/mol. The number of carboxylic acids is 1. The molecule has 0 spiro atoms. The number of ether oxygens (including phenoxy) is 1. The second-order valence-corrected chi connectivity index (χ2v) is 6.02. The third kappa shape index (κ3) is 11.7. The highest BCUT2D eigenvalue weighted by Crippen LogP contribution is 2.02. The van der Waals surface area contributed by atoms with Gasteiger partial charge in [0.05, 0.1) is 19.3 Å². The van der Waals surface area contributed by atoms with Gasteiger partial charge in [-0.1, -0.05) is 12.8 Å². The van der Waals surface area contributed by atoms with Crippen molar-refractivity contribution in [1.82, 2.24) is 4.72 Å². The molecule has 0 aromatic carbocycles. The summed E-state index contributed by atoms with van der Waals surface area (Å²) in [7, 11) is -2.23. The summed E-state index contributed by atoms with van der Waals surface area (Å²) in [5.74, 6) is -1.65. The molecule has 0 aliphatic carbocycles. The van der Waals surface area contributed by atoms with E-state index in [0.717, 1.165) is 12.8 Å². The number of hydrogen-bond donors (Lipinski definition) is 2. The third-order valence-electron chi connectivity index (χ3n) is 2.44. The number of unbranched alkanes of at least 4 members (excludes halogenated alkanes) is 3. The molecular weight excluding hydrogens is 274 g/mol. The van der Waals surface area contributed by atoms with E-state index in [-0.39, 0.29) is 18.6 Å². The number of carboxylic acid groups (broad SMARTS) is 1. The van der Waals surface area contributed by atoms with Gasteiger partial charge < -0.3 is 9.84 Å². The smallest absolute Gasteiger partial charge is 0.306 e. The van der Waals surface area contributed by atoms with Crippen LogP contribution in [0, 0.1) is 0 Å². The van der Waals surface area contributed by atoms with E-state index in [2.05, 4.69) is 9.46 Å². The van der Waals surface area contributed by atoms with Gasteiger partial charge in [-0.05, 0) is 12.8 Å². The Hall–Kier alpha value is -1.15. The van der Waals surface area contributed by atoms with E-state index >= 15 is 0 Å². The Morgan fingerprint density at radius 3 is 2.32 bits per heavy atom. The lowest BCUT2D eigenvalue weighted by molar-refractivity contribution is -0.140. The fraction of sp³-hybridized carbons (Fsp3) is 0.818. The van der Waals surface area contributed by atoms with Gasteiger partial charge in [0.25, 0.3) is 0 Å². The average molecular weight is 295 g/mol. The first kappa shape index (κ1) is 17.8. The van der Waals surface area contributed by atoms with Crippen LogP contribution in [-0.4, -0.2) is 44.9 Å². The van der Waals surface area contributed by atoms with Gasteiger partial charge in [0, 0.05) is 13.0 Å². The Bertz CT molecular complexity index is 379. The Morgan fingerprint density at radius 1 is 1.11 bits per heavy atom. The van der Waals surface area contributed by atoms with Gasteiger partial charge >= 0.3 is 11.9 Å². The number of rotatable bonds is 11. The van der Waals surface area contributed by atoms with Gasteiger partial charge in [0.15, 0.2) is 0 Å². The lowest BCUT2D eigenvalue weighted by Crippen LogP contribution is -2.28. The predicted molar refractivity (Wildman–Crippen MR) is 69.1 cm³/mol. The van der Waals surface area contributed by atoms with Crippen LogP contribution in [0.25, 0.3) is 0 Å². The average Bonchev–Trinajstić information content (AvgIpc) is 2.34. The Labute approximate surface area is 113 Å². The van der Waals surface area contributed by atoms with E-state index in [1.165, 1.54) is 7.11 Å². The lowest BCUT2D eigenvalue weighted by atomic mass is 10.1. The van der Waals surface area contributed by atoms with Crippen LogP contribution in [-0.2, 0) is 24.3 Å². The third-order valence-corrected chi connectivity index (χ3v) is 3.83. The zero-order chi connectivity index (χ0) is 14.7. The molecule has 8 heteroatoms. The molecule has 0 saturated carbocycles. The number of carbonyl (C=O) groups excluding carboxylic acids is 1. The van der Waals surface area contributed by atoms with Crippen LogP contribution in [0.2, 0.25) is 0 Å². The Morgan fingerprint density at radius 2 is 1.74 bits per heavy atom. The summed E-state index contributed by atoms with van der Waals surface area (Å²) in [6.45, 7) is 0.302. The number of esters is 1. The summed E-state index contributed by atoms with van der Waals surface area (Å²) in [4.78, 5) is 21.0. The van der Waals surface area contributed by atoms with E-state index in [0.29, 0.717) is 19.4 Å². The summed E-state index contributed by atoms with van der Waals surface area (Å²) in [6.07, 6.45) is 2.76. The first-order valence-corrected chi connectivity index (χ1v) is 7.78. The number of sulfonamides is 1. The van der Waals surface area contributed by atoms with Gasteiger partial charge in [0.2, 0.25) is 10.0 Å². The molecule has 0 aromatic rings. The molecule has 7 nitrogen and oxygen atoms in total. The highest BCUT2D eigenvalue weighted by atomic mass is 32.2. The molecule has 0 aliphatic heterocycles. The normalized spacial score (nSPS) is 11.2. The van der Waals surface area contributed by atoms with E-state index in [1.54, 1.807) is 0 Å². The van der Waals surface area contributed by atoms with Crippen molar-refractivity contribution in [2.75, 3.05) is 19.4 Å². The molecule has 19 heavy (non-hydrogen) atoms. The molecule has 0 unspecified atom stereocenters. The predicted octanol–water partition coefficient (Wildman–Crippen LogP) is 0.504. The van der Waals surface area contributed by atoms with E-state index in [9.17, 15) is 18.0 Å². The lowest BCUT2D eigenvalue weighted by Gasteiger charge is -2.05. The minimum Gasteiger partial charge on any atom is -0.481 e. The van der Waals surface area contributed by atoms with Crippen LogP contribution in [0.15, 0.2) is 0 Å². The molecule has 0 aliphatic rings. The summed E-state index contributed by atoms with van der Waals surface area (Å²) in [5, 5.41) is 8.42. The second-order valence-electron chi connectivity index (χ2n) is 4.10. The SMILES string of the molecule is COC(=O)CCS(=O)(=O)NCCCCCCC(=O)O. The van der Waals surface area contributed by atoms with Gasteiger partial charge in [-0.25, -0.2) is 13.1 Å². The quantitative estimate of drug-likeness (QED) is 0.424. The van der Waals surface area contributed by atoms with Crippen LogP contribution in [0.5, 0.6) is 0 Å². The van der Waals surface area contributed by atoms with Crippen molar-refractivity contribution < 1.29 is 27.9 Å². The number of methoxy groups -OCH3 is 1. The van der Waals surface area contributed by atoms with Crippen LogP contribution in [0.4, 0.5) is 0 Å². The summed E-state index contributed by atoms with van der Waals surface area (Å²) in [5.41, 5.74) is 0. The van der Waals surface area contributed by atoms with Crippen LogP contribution < -0.4 is 4.72 Å². The number of carbonyl (C=O) groups is 2. The minimum atomic E-state index is -3.44. The molecule has 0 heterocycles. The maximum absolute atomic E-state index is 11.4. The summed E-state index contributed by atoms with van der Waals surface area (Å²) >= 11 is 0. The topological polar surface area (TPSA) is 110 Å². The first-order chi connectivity index (χ1) is 8.87. The number of aliphatic carboxylic acids is 1. The van der Waals surface area contributed by atoms with Crippen molar-refractivity contribution in [3.8, 4) is 0 Å². The maximum Gasteiger partial charge on any atom is 0.306 e. The molecule has 2 N–H and O–H groups in total. The minimum absolute atomic E-state index is 0.144. The first-order valence-electron chi connectivity index (χ1n) is 6.13. The van der Waals surface area contributed by atoms with Gasteiger partial charge in [-0.3, -0.25) is 9.59 Å². The second kappa shape index (κ2) is 9.74. The maximum atomic E-state index is 11.4. The fourth-order valence-electron chi connectivity index (χ4n) is 1.37. The zero-order valence-corrected chi connectivity index (χ0v) is 11.9. The molecule has 0 atom stereocenters. The van der Waals surface area contributed by atoms with Crippen molar-refractivity contribution >= 4 is 22.0 Å². The number of nitrogens with one attached hydrogen (secondary N) is 1. The fourth-order valence-corrected chi connectivity index (χ4v) is 2.41. The molecule has 0 saturated heterocycles. The molecule has 0 rings (SSSR count).